The van der Waals surface area contributed by atoms with Gasteiger partial charge in [-0.3, -0.25) is 14.5 Å². The molecule has 1 heterocycles. The summed E-state index contributed by atoms with van der Waals surface area (Å²) in [5.74, 6) is 0.592. The summed E-state index contributed by atoms with van der Waals surface area (Å²) in [5, 5.41) is 2.91. The summed E-state index contributed by atoms with van der Waals surface area (Å²) < 4.78 is 10.7. The lowest BCUT2D eigenvalue weighted by Gasteiger charge is -2.31. The Kier molecular flexibility index (Phi) is 4.36. The van der Waals surface area contributed by atoms with Gasteiger partial charge in [-0.15, -0.1) is 0 Å². The number of likely N-dealkylation sites (N-methyl/N-ethyl adjacent to an activating group) is 1. The van der Waals surface area contributed by atoms with E-state index in [1.807, 2.05) is 20.2 Å². The maximum absolute atomic E-state index is 12.9. The maximum Gasteiger partial charge on any atom is 0.243 e. The van der Waals surface area contributed by atoms with Gasteiger partial charge < -0.3 is 20.5 Å². The first kappa shape index (κ1) is 16.6. The summed E-state index contributed by atoms with van der Waals surface area (Å²) in [6, 6.07) is 4.89. The van der Waals surface area contributed by atoms with Gasteiger partial charge in [0, 0.05) is 0 Å². The average molecular weight is 333 g/mol. The van der Waals surface area contributed by atoms with Gasteiger partial charge in [0.15, 0.2) is 11.5 Å². The zero-order valence-corrected chi connectivity index (χ0v) is 14.0. The zero-order chi connectivity index (χ0) is 17.3. The molecule has 3 rings (SSSR count). The molecule has 0 aromatic heterocycles. The summed E-state index contributed by atoms with van der Waals surface area (Å²) in [7, 11) is 3.64. The largest absolute Gasteiger partial charge is 0.454 e. The van der Waals surface area contributed by atoms with E-state index in [1.165, 1.54) is 0 Å². The van der Waals surface area contributed by atoms with E-state index in [-0.39, 0.29) is 12.7 Å². The molecule has 7 nitrogen and oxygen atoms in total. The van der Waals surface area contributed by atoms with Crippen LogP contribution in [-0.2, 0) is 9.59 Å². The summed E-state index contributed by atoms with van der Waals surface area (Å²) >= 11 is 0. The van der Waals surface area contributed by atoms with Crippen LogP contribution in [0.15, 0.2) is 18.2 Å². The van der Waals surface area contributed by atoms with Crippen LogP contribution in [0.5, 0.6) is 11.5 Å². The highest BCUT2D eigenvalue weighted by molar-refractivity contribution is 5.93. The molecule has 7 heteroatoms. The molecule has 0 bridgehead atoms. The van der Waals surface area contributed by atoms with Gasteiger partial charge in [-0.25, -0.2) is 0 Å². The third-order valence-corrected chi connectivity index (χ3v) is 4.77. The molecule has 1 unspecified atom stereocenters. The Morgan fingerprint density at radius 1 is 1.21 bits per heavy atom. The van der Waals surface area contributed by atoms with E-state index in [0.29, 0.717) is 24.3 Å². The molecule has 1 aromatic carbocycles. The van der Waals surface area contributed by atoms with Crippen LogP contribution in [0.4, 0.5) is 0 Å². The zero-order valence-electron chi connectivity index (χ0n) is 14.0. The second-order valence-electron chi connectivity index (χ2n) is 6.62. The van der Waals surface area contributed by atoms with Gasteiger partial charge in [0.2, 0.25) is 18.6 Å². The van der Waals surface area contributed by atoms with Gasteiger partial charge in [0.05, 0.1) is 0 Å². The van der Waals surface area contributed by atoms with E-state index >= 15 is 0 Å². The summed E-state index contributed by atoms with van der Waals surface area (Å²) in [5.41, 5.74) is 5.41. The maximum atomic E-state index is 12.9. The van der Waals surface area contributed by atoms with E-state index in [9.17, 15) is 9.59 Å². The van der Waals surface area contributed by atoms with E-state index in [1.54, 1.807) is 17.0 Å². The fourth-order valence-corrected chi connectivity index (χ4v) is 3.48. The molecule has 1 aliphatic heterocycles. The van der Waals surface area contributed by atoms with Gasteiger partial charge in [0.1, 0.15) is 11.6 Å². The summed E-state index contributed by atoms with van der Waals surface area (Å²) in [4.78, 5) is 26.6. The standard InChI is InChI=1S/C17H23N3O4/c1-20(2)14(11-5-6-12-13(9-11)24-10-23-12)15(21)19-17(16(18)22)7-3-4-8-17/h5-6,9,14H,3-4,7-8,10H2,1-2H3,(H2,18,22)(H,19,21). The second-order valence-corrected chi connectivity index (χ2v) is 6.62. The number of nitrogens with two attached hydrogens (primary N) is 1. The average Bonchev–Trinajstić information content (AvgIpc) is 3.16. The normalized spacial score (nSPS) is 19.3. The third-order valence-electron chi connectivity index (χ3n) is 4.77. The van der Waals surface area contributed by atoms with Crippen molar-refractivity contribution in [2.75, 3.05) is 20.9 Å². The van der Waals surface area contributed by atoms with Gasteiger partial charge in [-0.1, -0.05) is 18.9 Å². The topological polar surface area (TPSA) is 93.9 Å². The first-order valence-corrected chi connectivity index (χ1v) is 8.11. The van der Waals surface area contributed by atoms with Crippen molar-refractivity contribution in [2.45, 2.75) is 37.3 Å². The molecular weight excluding hydrogens is 310 g/mol. The third kappa shape index (κ3) is 2.91. The number of fused-ring (bicyclic) bond motifs is 1. The predicted octanol–water partition coefficient (Wildman–Crippen LogP) is 0.932. The molecule has 0 radical (unpaired) electrons. The summed E-state index contributed by atoms with van der Waals surface area (Å²) in [6.45, 7) is 0.183. The number of rotatable bonds is 5. The van der Waals surface area contributed by atoms with Gasteiger partial charge in [-0.2, -0.15) is 0 Å². The van der Waals surface area contributed by atoms with Crippen LogP contribution in [0.1, 0.15) is 37.3 Å². The molecule has 3 N–H and O–H groups in total. The van der Waals surface area contributed by atoms with Gasteiger partial charge in [0.25, 0.3) is 0 Å². The molecule has 1 fully saturated rings. The fourth-order valence-electron chi connectivity index (χ4n) is 3.48. The number of hydrogen-bond acceptors (Lipinski definition) is 5. The van der Waals surface area contributed by atoms with Crippen molar-refractivity contribution in [2.24, 2.45) is 5.73 Å². The first-order valence-electron chi connectivity index (χ1n) is 8.11. The van der Waals surface area contributed by atoms with Crippen molar-refractivity contribution >= 4 is 11.8 Å². The molecule has 0 saturated heterocycles. The minimum absolute atomic E-state index is 0.183. The molecular formula is C17H23N3O4. The van der Waals surface area contributed by atoms with Crippen molar-refractivity contribution < 1.29 is 19.1 Å². The highest BCUT2D eigenvalue weighted by Gasteiger charge is 2.42. The van der Waals surface area contributed by atoms with Gasteiger partial charge in [-0.05, 0) is 44.6 Å². The lowest BCUT2D eigenvalue weighted by Crippen LogP contribution is -2.57. The first-order chi connectivity index (χ1) is 11.4. The highest BCUT2D eigenvalue weighted by Crippen LogP contribution is 2.36. The van der Waals surface area contributed by atoms with Crippen LogP contribution < -0.4 is 20.5 Å². The SMILES string of the molecule is CN(C)C(C(=O)NC1(C(N)=O)CCCC1)c1ccc2c(c1)OCO2. The Bertz CT molecular complexity index is 653. The van der Waals surface area contributed by atoms with Crippen molar-refractivity contribution in [3.05, 3.63) is 23.8 Å². The van der Waals surface area contributed by atoms with Crippen LogP contribution in [-0.4, -0.2) is 43.1 Å². The van der Waals surface area contributed by atoms with Crippen LogP contribution in [0.2, 0.25) is 0 Å². The minimum Gasteiger partial charge on any atom is -0.454 e. The monoisotopic (exact) mass is 333 g/mol. The molecule has 1 aromatic rings. The molecule has 1 aliphatic carbocycles. The molecule has 0 spiro atoms. The van der Waals surface area contributed by atoms with Crippen molar-refractivity contribution in [3.63, 3.8) is 0 Å². The number of nitrogens with one attached hydrogen (secondary N) is 1. The van der Waals surface area contributed by atoms with Crippen LogP contribution in [0.3, 0.4) is 0 Å². The Balaban J connectivity index is 1.85. The number of hydrogen-bond donors (Lipinski definition) is 2. The summed E-state index contributed by atoms with van der Waals surface area (Å²) in [6.07, 6.45) is 2.96. The Morgan fingerprint density at radius 2 is 1.88 bits per heavy atom. The van der Waals surface area contributed by atoms with E-state index in [0.717, 1.165) is 18.4 Å². The quantitative estimate of drug-likeness (QED) is 0.836. The molecule has 1 saturated carbocycles. The highest BCUT2D eigenvalue weighted by atomic mass is 16.7. The molecule has 2 aliphatic rings. The number of ether oxygens (including phenoxy) is 2. The lowest BCUT2D eigenvalue weighted by atomic mass is 9.95. The molecule has 24 heavy (non-hydrogen) atoms. The van der Waals surface area contributed by atoms with Crippen molar-refractivity contribution in [3.8, 4) is 11.5 Å². The number of primary amides is 1. The number of amides is 2. The van der Waals surface area contributed by atoms with E-state index < -0.39 is 17.5 Å². The number of nitrogens with zero attached hydrogens (tertiary/aromatic N) is 1. The van der Waals surface area contributed by atoms with Crippen LogP contribution >= 0.6 is 0 Å². The van der Waals surface area contributed by atoms with Crippen molar-refractivity contribution in [1.29, 1.82) is 0 Å². The number of benzene rings is 1. The van der Waals surface area contributed by atoms with Crippen molar-refractivity contribution in [1.82, 2.24) is 10.2 Å². The lowest BCUT2D eigenvalue weighted by molar-refractivity contribution is -0.134. The number of carbonyl (C=O) groups excluding carboxylic acids is 2. The minimum atomic E-state index is -0.929. The second kappa shape index (κ2) is 6.32. The van der Waals surface area contributed by atoms with Crippen LogP contribution in [0, 0.1) is 0 Å². The Morgan fingerprint density at radius 3 is 2.50 bits per heavy atom. The van der Waals surface area contributed by atoms with E-state index in [4.69, 9.17) is 15.2 Å². The Labute approximate surface area is 141 Å². The number of carbonyl (C=O) groups is 2. The Hall–Kier alpha value is -2.28. The van der Waals surface area contributed by atoms with Gasteiger partial charge >= 0.3 is 0 Å². The fraction of sp³-hybridized carbons (Fsp3) is 0.529. The van der Waals surface area contributed by atoms with Crippen LogP contribution in [0.25, 0.3) is 0 Å². The molecule has 130 valence electrons. The predicted molar refractivity (Wildman–Crippen MR) is 87.5 cm³/mol. The van der Waals surface area contributed by atoms with E-state index in [2.05, 4.69) is 5.32 Å². The smallest absolute Gasteiger partial charge is 0.243 e. The molecule has 1 atom stereocenters. The molecule has 2 amide bonds.